The maximum atomic E-state index is 11.2. The van der Waals surface area contributed by atoms with Crippen LogP contribution in [-0.2, 0) is 0 Å². The van der Waals surface area contributed by atoms with Gasteiger partial charge in [-0.15, -0.1) is 0 Å². The fourth-order valence-corrected chi connectivity index (χ4v) is 1.96. The maximum absolute atomic E-state index is 11.2. The summed E-state index contributed by atoms with van der Waals surface area (Å²) in [6.45, 7) is 2.00. The molecular formula is C14H12N2O4. The first kappa shape index (κ1) is 12.3. The number of carboxylic acid groups (broad SMARTS) is 1. The summed E-state index contributed by atoms with van der Waals surface area (Å²) in [5.41, 5.74) is 2.07. The molecule has 0 amide bonds. The number of hydrogen-bond acceptors (Lipinski definition) is 5. The van der Waals surface area contributed by atoms with Gasteiger partial charge in [0.15, 0.2) is 11.5 Å². The van der Waals surface area contributed by atoms with Gasteiger partial charge >= 0.3 is 5.97 Å². The lowest BCUT2D eigenvalue weighted by Crippen LogP contribution is -2.04. The van der Waals surface area contributed by atoms with Crippen molar-refractivity contribution in [3.05, 3.63) is 41.7 Å². The third-order valence-electron chi connectivity index (χ3n) is 2.92. The molecule has 1 aliphatic rings. The highest BCUT2D eigenvalue weighted by atomic mass is 16.7. The van der Waals surface area contributed by atoms with Crippen molar-refractivity contribution < 1.29 is 19.4 Å². The van der Waals surface area contributed by atoms with E-state index in [0.29, 0.717) is 17.2 Å². The predicted octanol–water partition coefficient (Wildman–Crippen LogP) is 2.56. The van der Waals surface area contributed by atoms with Crippen LogP contribution in [-0.4, -0.2) is 22.9 Å². The van der Waals surface area contributed by atoms with Gasteiger partial charge in [-0.3, -0.25) is 4.98 Å². The molecule has 0 unspecified atom stereocenters. The van der Waals surface area contributed by atoms with Gasteiger partial charge < -0.3 is 19.9 Å². The Morgan fingerprint density at radius 3 is 2.90 bits per heavy atom. The third-order valence-corrected chi connectivity index (χ3v) is 2.92. The van der Waals surface area contributed by atoms with Crippen molar-refractivity contribution in [3.8, 4) is 11.5 Å². The first-order valence-corrected chi connectivity index (χ1v) is 6.00. The van der Waals surface area contributed by atoms with Gasteiger partial charge in [0.25, 0.3) is 0 Å². The minimum absolute atomic E-state index is 0.119. The highest BCUT2D eigenvalue weighted by molar-refractivity contribution is 5.94. The van der Waals surface area contributed by atoms with Crippen molar-refractivity contribution in [2.24, 2.45) is 0 Å². The molecule has 6 heteroatoms. The molecule has 0 bridgehead atoms. The second-order valence-corrected chi connectivity index (χ2v) is 4.37. The fraction of sp³-hybridized carbons (Fsp3) is 0.143. The zero-order valence-corrected chi connectivity index (χ0v) is 10.7. The van der Waals surface area contributed by atoms with E-state index in [2.05, 4.69) is 10.3 Å². The van der Waals surface area contributed by atoms with Crippen molar-refractivity contribution in [1.29, 1.82) is 0 Å². The van der Waals surface area contributed by atoms with E-state index in [9.17, 15) is 4.79 Å². The van der Waals surface area contributed by atoms with Crippen molar-refractivity contribution in [3.63, 3.8) is 0 Å². The van der Waals surface area contributed by atoms with Crippen LogP contribution >= 0.6 is 0 Å². The number of anilines is 2. The summed E-state index contributed by atoms with van der Waals surface area (Å²) in [5, 5.41) is 12.2. The molecule has 0 spiro atoms. The number of fused-ring (bicyclic) bond motifs is 1. The number of carboxylic acids is 1. The molecule has 2 heterocycles. The number of aromatic carboxylic acids is 1. The molecule has 0 aliphatic carbocycles. The summed E-state index contributed by atoms with van der Waals surface area (Å²) in [6, 6.07) is 7.03. The van der Waals surface area contributed by atoms with E-state index in [4.69, 9.17) is 14.6 Å². The molecule has 3 rings (SSSR count). The van der Waals surface area contributed by atoms with E-state index in [1.54, 1.807) is 31.2 Å². The Hall–Kier alpha value is -2.76. The van der Waals surface area contributed by atoms with Crippen LogP contribution in [0.25, 0.3) is 0 Å². The Labute approximate surface area is 115 Å². The van der Waals surface area contributed by atoms with E-state index >= 15 is 0 Å². The second-order valence-electron chi connectivity index (χ2n) is 4.37. The molecule has 2 N–H and O–H groups in total. The normalized spacial score (nSPS) is 12.2. The van der Waals surface area contributed by atoms with Gasteiger partial charge in [-0.2, -0.15) is 0 Å². The largest absolute Gasteiger partial charge is 0.478 e. The quantitative estimate of drug-likeness (QED) is 0.893. The van der Waals surface area contributed by atoms with Crippen molar-refractivity contribution in [1.82, 2.24) is 4.98 Å². The Kier molecular flexibility index (Phi) is 2.90. The number of nitrogens with one attached hydrogen (secondary N) is 1. The minimum atomic E-state index is -1.03. The number of carbonyl (C=O) groups is 1. The van der Waals surface area contributed by atoms with Gasteiger partial charge in [-0.1, -0.05) is 0 Å². The molecule has 1 aromatic heterocycles. The standard InChI is InChI=1S/C14H12N2O4/c1-8-4-11(10(6-15-8)14(17)18)16-9-2-3-12-13(5-9)20-7-19-12/h2-6H,7H2,1H3,(H,15,16)(H,17,18). The smallest absolute Gasteiger partial charge is 0.339 e. The number of ether oxygens (including phenoxy) is 2. The van der Waals surface area contributed by atoms with E-state index in [1.807, 2.05) is 0 Å². The van der Waals surface area contributed by atoms with E-state index in [1.165, 1.54) is 6.20 Å². The monoisotopic (exact) mass is 272 g/mol. The number of pyridine rings is 1. The van der Waals surface area contributed by atoms with Crippen LogP contribution in [0.1, 0.15) is 16.1 Å². The molecular weight excluding hydrogens is 260 g/mol. The van der Waals surface area contributed by atoms with Gasteiger partial charge in [0.2, 0.25) is 6.79 Å². The van der Waals surface area contributed by atoms with Crippen LogP contribution in [0.3, 0.4) is 0 Å². The van der Waals surface area contributed by atoms with E-state index < -0.39 is 5.97 Å². The lowest BCUT2D eigenvalue weighted by Gasteiger charge is -2.10. The highest BCUT2D eigenvalue weighted by Crippen LogP contribution is 2.35. The van der Waals surface area contributed by atoms with Crippen molar-refractivity contribution in [2.45, 2.75) is 6.92 Å². The number of hydrogen-bond donors (Lipinski definition) is 2. The van der Waals surface area contributed by atoms with Crippen LogP contribution in [0.5, 0.6) is 11.5 Å². The maximum Gasteiger partial charge on any atom is 0.339 e. The molecule has 6 nitrogen and oxygen atoms in total. The van der Waals surface area contributed by atoms with Crippen LogP contribution in [0.4, 0.5) is 11.4 Å². The molecule has 1 aliphatic heterocycles. The fourth-order valence-electron chi connectivity index (χ4n) is 1.96. The molecule has 0 saturated carbocycles. The zero-order chi connectivity index (χ0) is 14.1. The molecule has 0 atom stereocenters. The van der Waals surface area contributed by atoms with Gasteiger partial charge in [0.1, 0.15) is 5.56 Å². The molecule has 0 radical (unpaired) electrons. The molecule has 0 fully saturated rings. The SMILES string of the molecule is Cc1cc(Nc2ccc3c(c2)OCO3)c(C(=O)O)cn1. The first-order chi connectivity index (χ1) is 9.63. The van der Waals surface area contributed by atoms with Crippen LogP contribution in [0, 0.1) is 6.92 Å². The van der Waals surface area contributed by atoms with Crippen molar-refractivity contribution >= 4 is 17.3 Å². The number of rotatable bonds is 3. The predicted molar refractivity (Wildman–Crippen MR) is 71.8 cm³/mol. The second kappa shape index (κ2) is 4.73. The summed E-state index contributed by atoms with van der Waals surface area (Å²) in [7, 11) is 0. The average Bonchev–Trinajstić information content (AvgIpc) is 2.85. The van der Waals surface area contributed by atoms with Crippen LogP contribution in [0.2, 0.25) is 0 Å². The third kappa shape index (κ3) is 2.23. The van der Waals surface area contributed by atoms with Gasteiger partial charge in [0.05, 0.1) is 5.69 Å². The van der Waals surface area contributed by atoms with Gasteiger partial charge in [0, 0.05) is 23.6 Å². The zero-order valence-electron chi connectivity index (χ0n) is 10.7. The van der Waals surface area contributed by atoms with E-state index in [0.717, 1.165) is 11.4 Å². The van der Waals surface area contributed by atoms with Crippen molar-refractivity contribution in [2.75, 3.05) is 12.1 Å². The molecule has 2 aromatic rings. The number of benzene rings is 1. The molecule has 0 saturated heterocycles. The molecule has 102 valence electrons. The Balaban J connectivity index is 1.95. The Morgan fingerprint density at radius 2 is 2.10 bits per heavy atom. The Morgan fingerprint density at radius 1 is 1.30 bits per heavy atom. The lowest BCUT2D eigenvalue weighted by molar-refractivity contribution is 0.0697. The number of aryl methyl sites for hydroxylation is 1. The molecule has 1 aromatic carbocycles. The average molecular weight is 272 g/mol. The summed E-state index contributed by atoms with van der Waals surface area (Å²) in [6.07, 6.45) is 1.34. The summed E-state index contributed by atoms with van der Waals surface area (Å²) >= 11 is 0. The summed E-state index contributed by atoms with van der Waals surface area (Å²) in [5.74, 6) is 0.290. The topological polar surface area (TPSA) is 80.7 Å². The summed E-state index contributed by atoms with van der Waals surface area (Å²) in [4.78, 5) is 15.2. The highest BCUT2D eigenvalue weighted by Gasteiger charge is 2.15. The Bertz CT molecular complexity index is 685. The van der Waals surface area contributed by atoms with Gasteiger partial charge in [-0.25, -0.2) is 4.79 Å². The van der Waals surface area contributed by atoms with Crippen LogP contribution in [0.15, 0.2) is 30.5 Å². The number of aromatic nitrogens is 1. The van der Waals surface area contributed by atoms with Gasteiger partial charge in [-0.05, 0) is 25.1 Å². The number of nitrogens with zero attached hydrogens (tertiary/aromatic N) is 1. The van der Waals surface area contributed by atoms with Crippen LogP contribution < -0.4 is 14.8 Å². The lowest BCUT2D eigenvalue weighted by atomic mass is 10.2. The van der Waals surface area contributed by atoms with E-state index in [-0.39, 0.29) is 12.4 Å². The first-order valence-electron chi connectivity index (χ1n) is 6.00. The molecule has 20 heavy (non-hydrogen) atoms. The minimum Gasteiger partial charge on any atom is -0.478 e. The summed E-state index contributed by atoms with van der Waals surface area (Å²) < 4.78 is 10.5.